The van der Waals surface area contributed by atoms with Crippen LogP contribution < -0.4 is 0 Å². The number of amides is 1. The first-order valence-corrected chi connectivity index (χ1v) is 10.3. The van der Waals surface area contributed by atoms with E-state index >= 15 is 0 Å². The molecule has 2 aromatic carbocycles. The maximum atomic E-state index is 13.5. The maximum Gasteiger partial charge on any atom is 0.254 e. The number of imidazole rings is 1. The zero-order chi connectivity index (χ0) is 20.2. The first-order valence-electron chi connectivity index (χ1n) is 10.3. The van der Waals surface area contributed by atoms with Gasteiger partial charge in [-0.1, -0.05) is 30.3 Å². The second kappa shape index (κ2) is 8.52. The van der Waals surface area contributed by atoms with Crippen LogP contribution in [-0.4, -0.2) is 38.1 Å². The number of phenols is 1. The van der Waals surface area contributed by atoms with Crippen LogP contribution in [0.5, 0.6) is 5.75 Å². The van der Waals surface area contributed by atoms with E-state index in [1.807, 2.05) is 54.2 Å². The predicted molar refractivity (Wildman–Crippen MR) is 114 cm³/mol. The molecule has 0 spiro atoms. The van der Waals surface area contributed by atoms with Gasteiger partial charge in [0, 0.05) is 37.6 Å². The Bertz CT molecular complexity index is 978. The van der Waals surface area contributed by atoms with Gasteiger partial charge in [-0.3, -0.25) is 4.79 Å². The Hall–Kier alpha value is -3.08. The summed E-state index contributed by atoms with van der Waals surface area (Å²) in [5.41, 5.74) is 2.79. The number of hydrogen-bond donors (Lipinski definition) is 1. The van der Waals surface area contributed by atoms with E-state index in [9.17, 15) is 9.90 Å². The number of likely N-dealkylation sites (tertiary alicyclic amines) is 1. The summed E-state index contributed by atoms with van der Waals surface area (Å²) in [7, 11) is 1.95. The smallest absolute Gasteiger partial charge is 0.254 e. The van der Waals surface area contributed by atoms with E-state index in [-0.39, 0.29) is 17.7 Å². The SMILES string of the molecule is Cn1ccnc1-c1ccccc1C(=O)N1CCCC[C@@H]1CCc1ccc(O)cc1. The van der Waals surface area contributed by atoms with Gasteiger partial charge in [0.2, 0.25) is 0 Å². The number of carbonyl (C=O) groups is 1. The van der Waals surface area contributed by atoms with Crippen molar-refractivity contribution in [1.82, 2.24) is 14.5 Å². The van der Waals surface area contributed by atoms with Crippen LogP contribution in [0.15, 0.2) is 60.9 Å². The zero-order valence-electron chi connectivity index (χ0n) is 16.8. The number of phenolic OH excluding ortho intramolecular Hbond substituents is 1. The van der Waals surface area contributed by atoms with Crippen LogP contribution in [0, 0.1) is 0 Å². The van der Waals surface area contributed by atoms with Gasteiger partial charge in [0.25, 0.3) is 5.91 Å². The van der Waals surface area contributed by atoms with Crippen LogP contribution in [-0.2, 0) is 13.5 Å². The topological polar surface area (TPSA) is 58.4 Å². The number of benzene rings is 2. The number of aromatic hydroxyl groups is 1. The third-order valence-electron chi connectivity index (χ3n) is 5.81. The first kappa shape index (κ1) is 19.2. The van der Waals surface area contributed by atoms with Gasteiger partial charge in [-0.2, -0.15) is 0 Å². The Kier molecular flexibility index (Phi) is 5.65. The van der Waals surface area contributed by atoms with Crippen molar-refractivity contribution in [1.29, 1.82) is 0 Å². The van der Waals surface area contributed by atoms with Crippen LogP contribution in [0.3, 0.4) is 0 Å². The molecule has 1 aromatic heterocycles. The fourth-order valence-corrected chi connectivity index (χ4v) is 4.21. The number of aryl methyl sites for hydroxylation is 2. The lowest BCUT2D eigenvalue weighted by Crippen LogP contribution is -2.44. The summed E-state index contributed by atoms with van der Waals surface area (Å²) < 4.78 is 1.95. The van der Waals surface area contributed by atoms with Gasteiger partial charge in [-0.05, 0) is 55.9 Å². The van der Waals surface area contributed by atoms with Crippen molar-refractivity contribution in [2.75, 3.05) is 6.54 Å². The van der Waals surface area contributed by atoms with Gasteiger partial charge in [-0.25, -0.2) is 4.98 Å². The molecular formula is C24H27N3O2. The van der Waals surface area contributed by atoms with Crippen molar-refractivity contribution in [2.24, 2.45) is 7.05 Å². The molecule has 0 bridgehead atoms. The van der Waals surface area contributed by atoms with E-state index in [1.165, 1.54) is 5.56 Å². The highest BCUT2D eigenvalue weighted by atomic mass is 16.3. The minimum absolute atomic E-state index is 0.0963. The molecule has 1 fully saturated rings. The fraction of sp³-hybridized carbons (Fsp3) is 0.333. The Morgan fingerprint density at radius 2 is 1.93 bits per heavy atom. The van der Waals surface area contributed by atoms with Crippen molar-refractivity contribution in [3.63, 3.8) is 0 Å². The quantitative estimate of drug-likeness (QED) is 0.703. The van der Waals surface area contributed by atoms with Crippen molar-refractivity contribution in [2.45, 2.75) is 38.1 Å². The predicted octanol–water partition coefficient (Wildman–Crippen LogP) is 4.42. The number of aromatic nitrogens is 2. The molecule has 0 radical (unpaired) electrons. The number of nitrogens with zero attached hydrogens (tertiary/aromatic N) is 3. The summed E-state index contributed by atoms with van der Waals surface area (Å²) >= 11 is 0. The van der Waals surface area contributed by atoms with Crippen LogP contribution in [0.1, 0.15) is 41.6 Å². The summed E-state index contributed by atoms with van der Waals surface area (Å²) in [6.07, 6.45) is 8.73. The lowest BCUT2D eigenvalue weighted by atomic mass is 9.94. The molecule has 2 heterocycles. The highest BCUT2D eigenvalue weighted by molar-refractivity contribution is 6.00. The monoisotopic (exact) mass is 389 g/mol. The molecule has 5 nitrogen and oxygen atoms in total. The molecule has 3 aromatic rings. The van der Waals surface area contributed by atoms with Crippen molar-refractivity contribution in [3.05, 3.63) is 72.1 Å². The molecule has 1 N–H and O–H groups in total. The van der Waals surface area contributed by atoms with Crippen LogP contribution in [0.25, 0.3) is 11.4 Å². The zero-order valence-corrected chi connectivity index (χ0v) is 16.8. The lowest BCUT2D eigenvalue weighted by Gasteiger charge is -2.36. The molecule has 1 aliphatic rings. The molecule has 0 unspecified atom stereocenters. The standard InChI is InChI=1S/C24H27N3O2/c1-26-17-15-25-23(26)21-7-2-3-8-22(21)24(29)27-16-5-4-6-19(27)12-9-18-10-13-20(28)14-11-18/h2-3,7-8,10-11,13-15,17,19,28H,4-6,9,12,16H2,1H3/t19-/m1/s1. The number of piperidine rings is 1. The van der Waals surface area contributed by atoms with E-state index in [2.05, 4.69) is 9.88 Å². The fourth-order valence-electron chi connectivity index (χ4n) is 4.21. The highest BCUT2D eigenvalue weighted by Gasteiger charge is 2.29. The Balaban J connectivity index is 1.55. The van der Waals surface area contributed by atoms with Crippen molar-refractivity contribution >= 4 is 5.91 Å². The third kappa shape index (κ3) is 4.19. The van der Waals surface area contributed by atoms with Gasteiger partial charge < -0.3 is 14.6 Å². The van der Waals surface area contributed by atoms with Crippen LogP contribution in [0.2, 0.25) is 0 Å². The molecule has 0 saturated carbocycles. The van der Waals surface area contributed by atoms with Gasteiger partial charge in [0.15, 0.2) is 0 Å². The van der Waals surface area contributed by atoms with Crippen LogP contribution >= 0.6 is 0 Å². The second-order valence-electron chi connectivity index (χ2n) is 7.76. The highest BCUT2D eigenvalue weighted by Crippen LogP contribution is 2.28. The second-order valence-corrected chi connectivity index (χ2v) is 7.76. The van der Waals surface area contributed by atoms with Crippen molar-refractivity contribution < 1.29 is 9.90 Å². The molecule has 1 amide bonds. The molecule has 29 heavy (non-hydrogen) atoms. The summed E-state index contributed by atoms with van der Waals surface area (Å²) in [5, 5.41) is 9.48. The minimum Gasteiger partial charge on any atom is -0.508 e. The van der Waals surface area contributed by atoms with E-state index in [4.69, 9.17) is 0 Å². The largest absolute Gasteiger partial charge is 0.508 e. The number of rotatable bonds is 5. The van der Waals surface area contributed by atoms with E-state index in [0.29, 0.717) is 0 Å². The van der Waals surface area contributed by atoms with Gasteiger partial charge in [0.1, 0.15) is 11.6 Å². The molecule has 1 aliphatic heterocycles. The van der Waals surface area contributed by atoms with E-state index in [0.717, 1.165) is 55.6 Å². The molecule has 150 valence electrons. The average Bonchev–Trinajstić information content (AvgIpc) is 3.19. The molecule has 5 heteroatoms. The van der Waals surface area contributed by atoms with Gasteiger partial charge in [-0.15, -0.1) is 0 Å². The van der Waals surface area contributed by atoms with E-state index < -0.39 is 0 Å². The van der Waals surface area contributed by atoms with Gasteiger partial charge in [0.05, 0.1) is 5.56 Å². The maximum absolute atomic E-state index is 13.5. The minimum atomic E-state index is 0.0963. The summed E-state index contributed by atoms with van der Waals surface area (Å²) in [6.45, 7) is 0.800. The Labute approximate surface area is 171 Å². The third-order valence-corrected chi connectivity index (χ3v) is 5.81. The number of carbonyl (C=O) groups excluding carboxylic acids is 1. The number of hydrogen-bond acceptors (Lipinski definition) is 3. The van der Waals surface area contributed by atoms with Crippen LogP contribution in [0.4, 0.5) is 0 Å². The van der Waals surface area contributed by atoms with Crippen molar-refractivity contribution in [3.8, 4) is 17.1 Å². The molecular weight excluding hydrogens is 362 g/mol. The summed E-state index contributed by atoms with van der Waals surface area (Å²) in [4.78, 5) is 20.1. The molecule has 4 rings (SSSR count). The summed E-state index contributed by atoms with van der Waals surface area (Å²) in [6, 6.07) is 15.4. The Morgan fingerprint density at radius 3 is 2.69 bits per heavy atom. The lowest BCUT2D eigenvalue weighted by molar-refractivity contribution is 0.0602. The normalized spacial score (nSPS) is 16.7. The van der Waals surface area contributed by atoms with Gasteiger partial charge >= 0.3 is 0 Å². The molecule has 1 saturated heterocycles. The average molecular weight is 389 g/mol. The summed E-state index contributed by atoms with van der Waals surface area (Å²) in [5.74, 6) is 1.19. The Morgan fingerprint density at radius 1 is 1.14 bits per heavy atom. The molecule has 1 atom stereocenters. The first-order chi connectivity index (χ1) is 14.1. The molecule has 0 aliphatic carbocycles. The van der Waals surface area contributed by atoms with E-state index in [1.54, 1.807) is 18.3 Å².